The Labute approximate surface area is 286 Å². The third-order valence-electron chi connectivity index (χ3n) is 9.28. The van der Waals surface area contributed by atoms with Crippen molar-refractivity contribution in [3.8, 4) is 28.4 Å². The predicted octanol–water partition coefficient (Wildman–Crippen LogP) is 8.26. The van der Waals surface area contributed by atoms with Crippen molar-refractivity contribution in [2.45, 2.75) is 44.3 Å². The SMILES string of the molecule is CCC1(c2ccc3c(c2)OCO3)NC(=O)N(CCCCOc2ccc(-c3c(Cc4ccccc4)cnc4c(C(F)(F)F)cccc34)cc2)C1=O. The number of hydrogen-bond acceptors (Lipinski definition) is 6. The Morgan fingerprint density at radius 3 is 2.46 bits per heavy atom. The molecule has 1 N–H and O–H groups in total. The summed E-state index contributed by atoms with van der Waals surface area (Å²) in [6, 6.07) is 25.9. The maximum absolute atomic E-state index is 13.9. The molecule has 1 atom stereocenters. The molecule has 50 heavy (non-hydrogen) atoms. The minimum atomic E-state index is -4.54. The molecule has 0 radical (unpaired) electrons. The highest BCUT2D eigenvalue weighted by atomic mass is 19.4. The number of fused-ring (bicyclic) bond motifs is 2. The molecule has 256 valence electrons. The Balaban J connectivity index is 1.02. The number of pyridine rings is 1. The third-order valence-corrected chi connectivity index (χ3v) is 9.28. The first-order valence-corrected chi connectivity index (χ1v) is 16.5. The summed E-state index contributed by atoms with van der Waals surface area (Å²) in [5.74, 6) is 1.42. The van der Waals surface area contributed by atoms with E-state index in [2.05, 4.69) is 10.3 Å². The second-order valence-corrected chi connectivity index (χ2v) is 12.3. The number of carbonyl (C=O) groups is 2. The van der Waals surface area contributed by atoms with Crippen molar-refractivity contribution in [3.63, 3.8) is 0 Å². The van der Waals surface area contributed by atoms with Crippen LogP contribution in [0, 0.1) is 0 Å². The van der Waals surface area contributed by atoms with Crippen LogP contribution in [0.25, 0.3) is 22.0 Å². The molecule has 1 fully saturated rings. The van der Waals surface area contributed by atoms with Crippen LogP contribution in [0.1, 0.15) is 48.4 Å². The number of nitrogens with one attached hydrogen (secondary N) is 1. The average Bonchev–Trinajstić information content (AvgIpc) is 3.69. The van der Waals surface area contributed by atoms with E-state index in [0.29, 0.717) is 66.1 Å². The van der Waals surface area contributed by atoms with Gasteiger partial charge < -0.3 is 19.5 Å². The molecule has 0 saturated carbocycles. The van der Waals surface area contributed by atoms with E-state index in [1.165, 1.54) is 17.2 Å². The smallest absolute Gasteiger partial charge is 0.418 e. The number of hydrogen-bond donors (Lipinski definition) is 1. The van der Waals surface area contributed by atoms with Gasteiger partial charge in [0, 0.05) is 18.1 Å². The van der Waals surface area contributed by atoms with Crippen molar-refractivity contribution in [1.82, 2.24) is 15.2 Å². The van der Waals surface area contributed by atoms with Crippen LogP contribution in [0.3, 0.4) is 0 Å². The van der Waals surface area contributed by atoms with Gasteiger partial charge in [0.2, 0.25) is 6.79 Å². The molecule has 11 heteroatoms. The molecule has 5 aromatic rings. The standard InChI is InChI=1S/C39H34F3N3O5/c1-2-38(28-15-18-32-33(22-28)50-24-49-32)36(46)45(37(47)44-38)19-6-7-20-48-29-16-13-26(14-17-29)34-27(21-25-9-4-3-5-10-25)23-43-35-30(34)11-8-12-31(35)39(40,41)42/h3-5,8-18,22-23H,2,6-7,19-21,24H2,1H3,(H,44,47). The van der Waals surface area contributed by atoms with Crippen molar-refractivity contribution in [2.75, 3.05) is 19.9 Å². The first-order valence-electron chi connectivity index (χ1n) is 16.5. The summed E-state index contributed by atoms with van der Waals surface area (Å²) in [4.78, 5) is 32.0. The number of ether oxygens (including phenoxy) is 3. The molecule has 8 nitrogen and oxygen atoms in total. The number of carbonyl (C=O) groups excluding carboxylic acids is 2. The number of aromatic nitrogens is 1. The Kier molecular flexibility index (Phi) is 8.81. The van der Waals surface area contributed by atoms with Gasteiger partial charge in [0.15, 0.2) is 11.5 Å². The van der Waals surface area contributed by atoms with Gasteiger partial charge in [0.05, 0.1) is 17.7 Å². The van der Waals surface area contributed by atoms with Gasteiger partial charge in [0.1, 0.15) is 11.3 Å². The highest BCUT2D eigenvalue weighted by Gasteiger charge is 2.51. The molecule has 2 aliphatic rings. The van der Waals surface area contributed by atoms with Crippen molar-refractivity contribution in [3.05, 3.63) is 119 Å². The maximum Gasteiger partial charge on any atom is 0.418 e. The van der Waals surface area contributed by atoms with Crippen LogP contribution >= 0.6 is 0 Å². The van der Waals surface area contributed by atoms with Crippen LogP contribution in [-0.2, 0) is 22.9 Å². The molecule has 4 aromatic carbocycles. The van der Waals surface area contributed by atoms with E-state index in [1.807, 2.05) is 49.4 Å². The number of urea groups is 1. The Morgan fingerprint density at radius 1 is 0.920 bits per heavy atom. The fourth-order valence-corrected chi connectivity index (χ4v) is 6.69. The lowest BCUT2D eigenvalue weighted by atomic mass is 9.87. The number of rotatable bonds is 11. The summed E-state index contributed by atoms with van der Waals surface area (Å²) < 4.78 is 58.6. The molecule has 2 aliphatic heterocycles. The molecule has 1 unspecified atom stereocenters. The Morgan fingerprint density at radius 2 is 1.70 bits per heavy atom. The normalized spacial score (nSPS) is 17.0. The largest absolute Gasteiger partial charge is 0.494 e. The van der Waals surface area contributed by atoms with Crippen molar-refractivity contribution in [2.24, 2.45) is 0 Å². The van der Waals surface area contributed by atoms with Gasteiger partial charge in [-0.1, -0.05) is 67.6 Å². The summed E-state index contributed by atoms with van der Waals surface area (Å²) >= 11 is 0. The van der Waals surface area contributed by atoms with Gasteiger partial charge in [0.25, 0.3) is 5.91 Å². The second-order valence-electron chi connectivity index (χ2n) is 12.3. The zero-order valence-corrected chi connectivity index (χ0v) is 27.3. The lowest BCUT2D eigenvalue weighted by Crippen LogP contribution is -2.43. The fourth-order valence-electron chi connectivity index (χ4n) is 6.69. The van der Waals surface area contributed by atoms with E-state index in [4.69, 9.17) is 14.2 Å². The molecular formula is C39H34F3N3O5. The van der Waals surface area contributed by atoms with E-state index >= 15 is 0 Å². The number of alkyl halides is 3. The van der Waals surface area contributed by atoms with Gasteiger partial charge in [-0.25, -0.2) is 4.79 Å². The van der Waals surface area contributed by atoms with E-state index in [-0.39, 0.29) is 24.8 Å². The summed E-state index contributed by atoms with van der Waals surface area (Å²) in [5.41, 5.74) is 1.86. The quantitative estimate of drug-likeness (QED) is 0.112. The zero-order chi connectivity index (χ0) is 34.9. The van der Waals surface area contributed by atoms with Crippen LogP contribution in [0.5, 0.6) is 17.2 Å². The van der Waals surface area contributed by atoms with Crippen LogP contribution < -0.4 is 19.5 Å². The number of nitrogens with zero attached hydrogens (tertiary/aromatic N) is 2. The number of imide groups is 1. The molecule has 0 aliphatic carbocycles. The summed E-state index contributed by atoms with van der Waals surface area (Å²) in [6.07, 6.45) is -1.01. The fraction of sp³-hybridized carbons (Fsp3) is 0.256. The van der Waals surface area contributed by atoms with E-state index in [1.54, 1.807) is 36.4 Å². The molecule has 0 bridgehead atoms. The molecule has 1 aromatic heterocycles. The number of para-hydroxylation sites is 1. The maximum atomic E-state index is 13.9. The number of unbranched alkanes of at least 4 members (excludes halogenated alkanes) is 1. The van der Waals surface area contributed by atoms with Crippen molar-refractivity contribution in [1.29, 1.82) is 0 Å². The minimum absolute atomic E-state index is 0.0932. The predicted molar refractivity (Wildman–Crippen MR) is 181 cm³/mol. The first kappa shape index (κ1) is 32.9. The molecule has 0 spiro atoms. The number of halogens is 3. The average molecular weight is 682 g/mol. The minimum Gasteiger partial charge on any atom is -0.494 e. The molecule has 7 rings (SSSR count). The molecular weight excluding hydrogens is 647 g/mol. The molecule has 1 saturated heterocycles. The Hall–Kier alpha value is -5.58. The van der Waals surface area contributed by atoms with E-state index in [0.717, 1.165) is 22.8 Å². The van der Waals surface area contributed by atoms with Gasteiger partial charge in [-0.2, -0.15) is 13.2 Å². The molecule has 3 heterocycles. The van der Waals surface area contributed by atoms with Crippen LogP contribution in [0.2, 0.25) is 0 Å². The van der Waals surface area contributed by atoms with Crippen LogP contribution in [-0.4, -0.2) is 41.8 Å². The van der Waals surface area contributed by atoms with E-state index in [9.17, 15) is 22.8 Å². The number of benzene rings is 4. The lowest BCUT2D eigenvalue weighted by Gasteiger charge is -2.26. The Bertz CT molecular complexity index is 2050. The van der Waals surface area contributed by atoms with E-state index < -0.39 is 23.3 Å². The summed E-state index contributed by atoms with van der Waals surface area (Å²) in [7, 11) is 0. The third kappa shape index (κ3) is 6.19. The lowest BCUT2D eigenvalue weighted by molar-refractivity contribution is -0.136. The first-order chi connectivity index (χ1) is 24.2. The monoisotopic (exact) mass is 681 g/mol. The second kappa shape index (κ2) is 13.4. The van der Waals surface area contributed by atoms with Gasteiger partial charge >= 0.3 is 12.2 Å². The topological polar surface area (TPSA) is 90.0 Å². The van der Waals surface area contributed by atoms with Gasteiger partial charge in [-0.3, -0.25) is 14.7 Å². The number of amides is 3. The summed E-state index contributed by atoms with van der Waals surface area (Å²) in [6.45, 7) is 2.54. The van der Waals surface area contributed by atoms with Crippen molar-refractivity contribution < 1.29 is 37.0 Å². The summed E-state index contributed by atoms with van der Waals surface area (Å²) in [5, 5.41) is 3.32. The van der Waals surface area contributed by atoms with Crippen LogP contribution in [0.4, 0.5) is 18.0 Å². The highest BCUT2D eigenvalue weighted by Crippen LogP contribution is 2.41. The van der Waals surface area contributed by atoms with Crippen LogP contribution in [0.15, 0.2) is 97.2 Å². The zero-order valence-electron chi connectivity index (χ0n) is 27.3. The van der Waals surface area contributed by atoms with Crippen molar-refractivity contribution >= 4 is 22.8 Å². The highest BCUT2D eigenvalue weighted by molar-refractivity contribution is 6.07. The van der Waals surface area contributed by atoms with Gasteiger partial charge in [-0.05, 0) is 83.8 Å². The molecule has 3 amide bonds. The van der Waals surface area contributed by atoms with Gasteiger partial charge in [-0.15, -0.1) is 0 Å².